The maximum atomic E-state index is 11.3. The molecule has 0 spiro atoms. The zero-order valence-corrected chi connectivity index (χ0v) is 19.6. The molecule has 2 saturated heterocycles. The smallest absolute Gasteiger partial charge is 0.192 e. The molecule has 0 bridgehead atoms. The summed E-state index contributed by atoms with van der Waals surface area (Å²) in [5, 5.41) is 18.2. The van der Waals surface area contributed by atoms with Crippen molar-refractivity contribution in [1.82, 2.24) is 9.80 Å². The van der Waals surface area contributed by atoms with Gasteiger partial charge in [0.15, 0.2) is 5.85 Å². The fraction of sp³-hybridized carbons (Fsp3) is 0.520. The average Bonchev–Trinajstić information content (AvgIpc) is 2.80. The normalized spacial score (nSPS) is 20.6. The van der Waals surface area contributed by atoms with Crippen molar-refractivity contribution in [3.8, 4) is 5.75 Å². The number of rotatable bonds is 7. The first-order valence-electron chi connectivity index (χ1n) is 11.6. The Morgan fingerprint density at radius 3 is 2.31 bits per heavy atom. The molecule has 2 aliphatic heterocycles. The molecule has 0 saturated carbocycles. The highest BCUT2D eigenvalue weighted by Crippen LogP contribution is 2.33. The van der Waals surface area contributed by atoms with Crippen LogP contribution in [0.1, 0.15) is 22.6 Å². The van der Waals surface area contributed by atoms with Gasteiger partial charge in [-0.25, -0.2) is 0 Å². The molecule has 2 aliphatic rings. The predicted molar refractivity (Wildman–Crippen MR) is 136 cm³/mol. The van der Waals surface area contributed by atoms with Crippen molar-refractivity contribution in [1.29, 1.82) is 0 Å². The highest BCUT2D eigenvalue weighted by molar-refractivity contribution is 5.67. The number of methoxy groups -OCH3 is 1. The number of nitrogens with one attached hydrogen (secondary N) is 2. The minimum Gasteiger partial charge on any atom is -0.495 e. The second-order valence-corrected chi connectivity index (χ2v) is 9.09. The summed E-state index contributed by atoms with van der Waals surface area (Å²) < 4.78 is 5.62. The topological polar surface area (TPSA) is 63.2 Å². The minimum atomic E-state index is -1.12. The van der Waals surface area contributed by atoms with Crippen molar-refractivity contribution in [2.45, 2.75) is 31.7 Å². The van der Waals surface area contributed by atoms with Crippen LogP contribution in [0.15, 0.2) is 48.5 Å². The lowest BCUT2D eigenvalue weighted by atomic mass is 10.0. The van der Waals surface area contributed by atoms with E-state index in [9.17, 15) is 5.11 Å². The molecule has 0 amide bonds. The highest BCUT2D eigenvalue weighted by Gasteiger charge is 2.33. The van der Waals surface area contributed by atoms with E-state index in [1.54, 1.807) is 7.11 Å². The first kappa shape index (κ1) is 22.7. The SMILES string of the molecule is COc1ccc(NC(C)(O)N2CCC(Nc3ccccc3)CC2)cc1N1CCN(C)CC1.[HH].[HH]. The number of piperidine rings is 1. The van der Waals surface area contributed by atoms with Gasteiger partial charge in [-0.1, -0.05) is 18.2 Å². The van der Waals surface area contributed by atoms with Crippen LogP contribution in [-0.2, 0) is 0 Å². The maximum Gasteiger partial charge on any atom is 0.192 e. The van der Waals surface area contributed by atoms with Gasteiger partial charge >= 0.3 is 0 Å². The molecule has 4 rings (SSSR count). The van der Waals surface area contributed by atoms with Gasteiger partial charge in [0.25, 0.3) is 0 Å². The van der Waals surface area contributed by atoms with E-state index in [2.05, 4.69) is 62.7 Å². The molecule has 1 unspecified atom stereocenters. The van der Waals surface area contributed by atoms with Crippen molar-refractivity contribution in [3.05, 3.63) is 48.5 Å². The van der Waals surface area contributed by atoms with Crippen LogP contribution in [0, 0.1) is 0 Å². The van der Waals surface area contributed by atoms with Crippen LogP contribution >= 0.6 is 0 Å². The van der Waals surface area contributed by atoms with Crippen LogP contribution in [0.25, 0.3) is 0 Å². The number of hydrogen-bond donors (Lipinski definition) is 3. The number of anilines is 3. The number of piperazine rings is 1. The van der Waals surface area contributed by atoms with Gasteiger partial charge in [-0.15, -0.1) is 0 Å². The van der Waals surface area contributed by atoms with E-state index in [0.717, 1.165) is 74.9 Å². The maximum absolute atomic E-state index is 11.3. The molecule has 178 valence electrons. The lowest BCUT2D eigenvalue weighted by Crippen LogP contribution is -2.56. The number of aliphatic hydroxyl groups is 1. The van der Waals surface area contributed by atoms with Gasteiger partial charge in [0.2, 0.25) is 0 Å². The van der Waals surface area contributed by atoms with E-state index in [-0.39, 0.29) is 2.85 Å². The zero-order valence-electron chi connectivity index (χ0n) is 19.6. The molecular weight excluding hydrogens is 402 g/mol. The Morgan fingerprint density at radius 2 is 1.66 bits per heavy atom. The van der Waals surface area contributed by atoms with E-state index in [1.807, 2.05) is 25.1 Å². The average molecular weight is 444 g/mol. The van der Waals surface area contributed by atoms with Crippen LogP contribution in [-0.4, -0.2) is 80.2 Å². The van der Waals surface area contributed by atoms with Gasteiger partial charge in [-0.05, 0) is 57.1 Å². The largest absolute Gasteiger partial charge is 0.495 e. The summed E-state index contributed by atoms with van der Waals surface area (Å²) in [6.45, 7) is 7.49. The molecule has 0 aromatic heterocycles. The first-order valence-corrected chi connectivity index (χ1v) is 11.6. The lowest BCUT2D eigenvalue weighted by Gasteiger charge is -2.42. The second kappa shape index (κ2) is 9.98. The van der Waals surface area contributed by atoms with Crippen LogP contribution in [0.4, 0.5) is 17.1 Å². The Labute approximate surface area is 194 Å². The second-order valence-electron chi connectivity index (χ2n) is 9.09. The van der Waals surface area contributed by atoms with Crippen LogP contribution in [0.2, 0.25) is 0 Å². The summed E-state index contributed by atoms with van der Waals surface area (Å²) in [4.78, 5) is 6.82. The van der Waals surface area contributed by atoms with Crippen LogP contribution in [0.3, 0.4) is 0 Å². The Morgan fingerprint density at radius 1 is 0.969 bits per heavy atom. The molecule has 2 aromatic rings. The molecule has 1 atom stereocenters. The molecule has 0 aliphatic carbocycles. The number of likely N-dealkylation sites (tertiary alicyclic amines) is 1. The fourth-order valence-corrected chi connectivity index (χ4v) is 4.64. The number of likely N-dealkylation sites (N-methyl/N-ethyl adjacent to an activating group) is 1. The summed E-state index contributed by atoms with van der Waals surface area (Å²) in [5.74, 6) is -0.251. The molecule has 3 N–H and O–H groups in total. The Hall–Kier alpha value is -2.48. The van der Waals surface area contributed by atoms with Gasteiger partial charge in [0.1, 0.15) is 5.75 Å². The molecule has 32 heavy (non-hydrogen) atoms. The van der Waals surface area contributed by atoms with Crippen molar-refractivity contribution >= 4 is 17.1 Å². The van der Waals surface area contributed by atoms with Crippen molar-refractivity contribution in [2.75, 3.05) is 69.0 Å². The summed E-state index contributed by atoms with van der Waals surface area (Å²) in [6.07, 6.45) is 1.98. The predicted octanol–water partition coefficient (Wildman–Crippen LogP) is 3.59. The molecule has 7 nitrogen and oxygen atoms in total. The first-order chi connectivity index (χ1) is 15.4. The third-order valence-corrected chi connectivity index (χ3v) is 6.66. The summed E-state index contributed by atoms with van der Waals surface area (Å²) in [5.41, 5.74) is 3.13. The molecule has 2 heterocycles. The Bertz CT molecular complexity index is 871. The van der Waals surface area contributed by atoms with Crippen molar-refractivity contribution in [2.24, 2.45) is 0 Å². The summed E-state index contributed by atoms with van der Waals surface area (Å²) in [6, 6.07) is 16.8. The Balaban J connectivity index is 0.00000204. The Kier molecular flexibility index (Phi) is 7.08. The third-order valence-electron chi connectivity index (χ3n) is 6.66. The number of nitrogens with zero attached hydrogens (tertiary/aromatic N) is 3. The monoisotopic (exact) mass is 443 g/mol. The molecule has 0 radical (unpaired) electrons. The standard InChI is InChI=1S/C25H37N5O2.2H2/c1-25(31,30-13-11-21(12-14-30)26-20-7-5-4-6-8-20)27-22-9-10-24(32-3)23(19-22)29-17-15-28(2)16-18-29;;/h4-10,19,21,26-27,31H,11-18H2,1-3H3;2*1H. The van der Waals surface area contributed by atoms with Crippen molar-refractivity contribution in [3.63, 3.8) is 0 Å². The van der Waals surface area contributed by atoms with Gasteiger partial charge in [0, 0.05) is 59.5 Å². The minimum absolute atomic E-state index is 0. The van der Waals surface area contributed by atoms with E-state index in [1.165, 1.54) is 0 Å². The number of benzene rings is 2. The zero-order chi connectivity index (χ0) is 22.6. The summed E-state index contributed by atoms with van der Waals surface area (Å²) in [7, 11) is 3.87. The highest BCUT2D eigenvalue weighted by atomic mass is 16.5. The van der Waals surface area contributed by atoms with E-state index >= 15 is 0 Å². The molecule has 2 aromatic carbocycles. The summed E-state index contributed by atoms with van der Waals surface area (Å²) >= 11 is 0. The molecular formula is C25H41N5O2. The lowest BCUT2D eigenvalue weighted by molar-refractivity contribution is -0.0792. The number of ether oxygens (including phenoxy) is 1. The molecule has 2 fully saturated rings. The molecule has 7 heteroatoms. The van der Waals surface area contributed by atoms with Crippen LogP contribution in [0.5, 0.6) is 5.75 Å². The van der Waals surface area contributed by atoms with Gasteiger partial charge in [0.05, 0.1) is 12.8 Å². The van der Waals surface area contributed by atoms with E-state index in [4.69, 9.17) is 4.74 Å². The van der Waals surface area contributed by atoms with Crippen LogP contribution < -0.4 is 20.3 Å². The van der Waals surface area contributed by atoms with Crippen molar-refractivity contribution < 1.29 is 12.7 Å². The van der Waals surface area contributed by atoms with Gasteiger partial charge in [-0.2, -0.15) is 0 Å². The van der Waals surface area contributed by atoms with Gasteiger partial charge < -0.3 is 30.3 Å². The fourth-order valence-electron chi connectivity index (χ4n) is 4.64. The number of hydrogen-bond acceptors (Lipinski definition) is 7. The number of para-hydroxylation sites is 1. The quantitative estimate of drug-likeness (QED) is 0.565. The van der Waals surface area contributed by atoms with E-state index < -0.39 is 5.85 Å². The van der Waals surface area contributed by atoms with Gasteiger partial charge in [-0.3, -0.25) is 4.90 Å². The third kappa shape index (κ3) is 5.46. The van der Waals surface area contributed by atoms with E-state index in [0.29, 0.717) is 6.04 Å².